The summed E-state index contributed by atoms with van der Waals surface area (Å²) in [7, 11) is 0. The molecule has 0 aromatic heterocycles. The van der Waals surface area contributed by atoms with Gasteiger partial charge in [0, 0.05) is 12.8 Å². The van der Waals surface area contributed by atoms with E-state index in [9.17, 15) is 34.5 Å². The van der Waals surface area contributed by atoms with E-state index in [0.29, 0.717) is 11.1 Å². The molecule has 0 bridgehead atoms. The number of phenols is 1. The molecular formula is C25H32N4O7. The first-order valence-electron chi connectivity index (χ1n) is 11.4. The minimum absolute atomic E-state index is 0.00498. The van der Waals surface area contributed by atoms with Gasteiger partial charge >= 0.3 is 5.97 Å². The van der Waals surface area contributed by atoms with Crippen LogP contribution in [0.4, 0.5) is 0 Å². The van der Waals surface area contributed by atoms with Gasteiger partial charge in [0.2, 0.25) is 17.7 Å². The smallest absolute Gasteiger partial charge is 0.326 e. The van der Waals surface area contributed by atoms with E-state index in [1.165, 1.54) is 26.0 Å². The minimum atomic E-state index is -1.40. The van der Waals surface area contributed by atoms with Crippen molar-refractivity contribution in [2.45, 2.75) is 57.0 Å². The summed E-state index contributed by atoms with van der Waals surface area (Å²) >= 11 is 0. The number of hydrogen-bond acceptors (Lipinski definition) is 7. The van der Waals surface area contributed by atoms with Gasteiger partial charge in [-0.1, -0.05) is 42.5 Å². The van der Waals surface area contributed by atoms with Gasteiger partial charge in [-0.25, -0.2) is 4.79 Å². The molecule has 0 radical (unpaired) electrons. The maximum atomic E-state index is 13.2. The lowest BCUT2D eigenvalue weighted by Crippen LogP contribution is -2.60. The third kappa shape index (κ3) is 8.67. The van der Waals surface area contributed by atoms with Gasteiger partial charge in [0.25, 0.3) is 0 Å². The van der Waals surface area contributed by atoms with E-state index in [1.807, 2.05) is 0 Å². The molecule has 2 aromatic rings. The van der Waals surface area contributed by atoms with Crippen LogP contribution < -0.4 is 21.7 Å². The van der Waals surface area contributed by atoms with Gasteiger partial charge in [-0.2, -0.15) is 0 Å². The maximum absolute atomic E-state index is 13.2. The summed E-state index contributed by atoms with van der Waals surface area (Å²) in [5.74, 6) is -3.56. The second kappa shape index (κ2) is 13.2. The largest absolute Gasteiger partial charge is 0.508 e. The molecule has 5 atom stereocenters. The monoisotopic (exact) mass is 500 g/mol. The average molecular weight is 501 g/mol. The van der Waals surface area contributed by atoms with Crippen LogP contribution in [-0.4, -0.2) is 69.3 Å². The van der Waals surface area contributed by atoms with Gasteiger partial charge in [0.05, 0.1) is 12.1 Å². The Morgan fingerprint density at radius 2 is 1.31 bits per heavy atom. The molecule has 0 spiro atoms. The van der Waals surface area contributed by atoms with Crippen LogP contribution in [0.2, 0.25) is 0 Å². The first-order valence-corrected chi connectivity index (χ1v) is 11.4. The first kappa shape index (κ1) is 28.3. The highest BCUT2D eigenvalue weighted by atomic mass is 16.4. The second-order valence-electron chi connectivity index (χ2n) is 8.54. The SMILES string of the molecule is CC(N)C(=O)NC(C(=O)NC(Cc1ccc(O)cc1)C(=O)NC(Cc1ccccc1)C(=O)O)C(C)O. The van der Waals surface area contributed by atoms with E-state index in [-0.39, 0.29) is 18.6 Å². The van der Waals surface area contributed by atoms with Gasteiger partial charge in [-0.15, -0.1) is 0 Å². The molecule has 0 saturated heterocycles. The second-order valence-corrected chi connectivity index (χ2v) is 8.54. The van der Waals surface area contributed by atoms with Crippen LogP contribution in [0.25, 0.3) is 0 Å². The number of aliphatic hydroxyl groups excluding tert-OH is 1. The zero-order valence-electron chi connectivity index (χ0n) is 20.0. The number of carboxylic acids is 1. The van der Waals surface area contributed by atoms with E-state index >= 15 is 0 Å². The number of aliphatic hydroxyl groups is 1. The number of nitrogens with one attached hydrogen (secondary N) is 3. The van der Waals surface area contributed by atoms with Crippen molar-refractivity contribution in [1.29, 1.82) is 0 Å². The number of benzene rings is 2. The summed E-state index contributed by atoms with van der Waals surface area (Å²) in [5, 5.41) is 36.5. The Labute approximate surface area is 208 Å². The van der Waals surface area contributed by atoms with E-state index in [1.54, 1.807) is 42.5 Å². The van der Waals surface area contributed by atoms with Crippen LogP contribution in [-0.2, 0) is 32.0 Å². The van der Waals surface area contributed by atoms with Crippen molar-refractivity contribution in [2.75, 3.05) is 0 Å². The van der Waals surface area contributed by atoms with Crippen LogP contribution in [0.15, 0.2) is 54.6 Å². The molecule has 11 nitrogen and oxygen atoms in total. The van der Waals surface area contributed by atoms with Crippen molar-refractivity contribution in [1.82, 2.24) is 16.0 Å². The number of phenolic OH excluding ortho intramolecular Hbond substituents is 1. The number of amides is 3. The van der Waals surface area contributed by atoms with Gasteiger partial charge in [0.15, 0.2) is 0 Å². The molecular weight excluding hydrogens is 468 g/mol. The number of carboxylic acid groups (broad SMARTS) is 1. The summed E-state index contributed by atoms with van der Waals surface area (Å²) in [6, 6.07) is 9.76. The molecule has 2 aromatic carbocycles. The standard InChI is InChI=1S/C25H32N4O7/c1-14(26)22(32)29-21(15(2)30)24(34)27-19(12-17-8-10-18(31)11-9-17)23(33)28-20(25(35)36)13-16-6-4-3-5-7-16/h3-11,14-15,19-21,30-31H,12-13,26H2,1-2H3,(H,27,34)(H,28,33)(H,29,32)(H,35,36). The Morgan fingerprint density at radius 3 is 1.83 bits per heavy atom. The highest BCUT2D eigenvalue weighted by Gasteiger charge is 2.32. The lowest BCUT2D eigenvalue weighted by atomic mass is 10.0. The molecule has 0 heterocycles. The summed E-state index contributed by atoms with van der Waals surface area (Å²) in [6.07, 6.45) is -1.35. The average Bonchev–Trinajstić information content (AvgIpc) is 2.82. The van der Waals surface area contributed by atoms with Crippen LogP contribution >= 0.6 is 0 Å². The van der Waals surface area contributed by atoms with E-state index in [0.717, 1.165) is 0 Å². The summed E-state index contributed by atoms with van der Waals surface area (Å²) < 4.78 is 0. The van der Waals surface area contributed by atoms with Crippen LogP contribution in [0.5, 0.6) is 5.75 Å². The van der Waals surface area contributed by atoms with Gasteiger partial charge < -0.3 is 37.0 Å². The number of aliphatic carboxylic acids is 1. The summed E-state index contributed by atoms with van der Waals surface area (Å²) in [4.78, 5) is 50.0. The fourth-order valence-corrected chi connectivity index (χ4v) is 3.35. The third-order valence-electron chi connectivity index (χ3n) is 5.38. The predicted octanol–water partition coefficient (Wildman–Crippen LogP) is -0.556. The fourth-order valence-electron chi connectivity index (χ4n) is 3.35. The van der Waals surface area contributed by atoms with Crippen molar-refractivity contribution in [3.05, 3.63) is 65.7 Å². The molecule has 0 fully saturated rings. The Bertz CT molecular complexity index is 1040. The first-order chi connectivity index (χ1) is 17.0. The van der Waals surface area contributed by atoms with Crippen LogP contribution in [0.1, 0.15) is 25.0 Å². The molecule has 3 amide bonds. The molecule has 36 heavy (non-hydrogen) atoms. The highest BCUT2D eigenvalue weighted by Crippen LogP contribution is 2.12. The van der Waals surface area contributed by atoms with Crippen molar-refractivity contribution >= 4 is 23.7 Å². The zero-order valence-corrected chi connectivity index (χ0v) is 20.0. The number of nitrogens with two attached hydrogens (primary N) is 1. The molecule has 2 rings (SSSR count). The number of rotatable bonds is 12. The number of carbonyl (C=O) groups excluding carboxylic acids is 3. The van der Waals surface area contributed by atoms with Gasteiger partial charge in [0.1, 0.15) is 23.9 Å². The lowest BCUT2D eigenvalue weighted by Gasteiger charge is -2.26. The van der Waals surface area contributed by atoms with Crippen molar-refractivity contribution in [2.24, 2.45) is 5.73 Å². The van der Waals surface area contributed by atoms with E-state index in [2.05, 4.69) is 16.0 Å². The lowest BCUT2D eigenvalue weighted by molar-refractivity contribution is -0.142. The molecule has 11 heteroatoms. The van der Waals surface area contributed by atoms with Crippen molar-refractivity contribution in [3.63, 3.8) is 0 Å². The number of carbonyl (C=O) groups is 4. The molecule has 0 saturated carbocycles. The molecule has 5 unspecified atom stereocenters. The Balaban J connectivity index is 2.26. The third-order valence-corrected chi connectivity index (χ3v) is 5.38. The van der Waals surface area contributed by atoms with Crippen molar-refractivity contribution < 1.29 is 34.5 Å². The topological polar surface area (TPSA) is 191 Å². The normalized spacial score (nSPS) is 15.0. The van der Waals surface area contributed by atoms with Crippen LogP contribution in [0.3, 0.4) is 0 Å². The van der Waals surface area contributed by atoms with Gasteiger partial charge in [-0.05, 0) is 37.1 Å². The van der Waals surface area contributed by atoms with Crippen molar-refractivity contribution in [3.8, 4) is 5.75 Å². The maximum Gasteiger partial charge on any atom is 0.326 e. The quantitative estimate of drug-likeness (QED) is 0.202. The van der Waals surface area contributed by atoms with Gasteiger partial charge in [-0.3, -0.25) is 14.4 Å². The molecule has 0 aliphatic carbocycles. The molecule has 0 aliphatic heterocycles. The molecule has 194 valence electrons. The fraction of sp³-hybridized carbons (Fsp3) is 0.360. The highest BCUT2D eigenvalue weighted by molar-refractivity contribution is 5.94. The molecule has 0 aliphatic rings. The predicted molar refractivity (Wildman–Crippen MR) is 131 cm³/mol. The Kier molecular flexibility index (Phi) is 10.4. The molecule has 8 N–H and O–H groups in total. The van der Waals surface area contributed by atoms with Crippen LogP contribution in [0, 0.1) is 0 Å². The number of hydrogen-bond donors (Lipinski definition) is 7. The minimum Gasteiger partial charge on any atom is -0.508 e. The zero-order chi connectivity index (χ0) is 26.8. The summed E-state index contributed by atoms with van der Waals surface area (Å²) in [5.41, 5.74) is 6.79. The summed E-state index contributed by atoms with van der Waals surface area (Å²) in [6.45, 7) is 2.70. The van der Waals surface area contributed by atoms with E-state index < -0.39 is 54.0 Å². The Morgan fingerprint density at radius 1 is 0.778 bits per heavy atom. The Hall–Kier alpha value is -3.96. The number of aromatic hydroxyl groups is 1. The van der Waals surface area contributed by atoms with E-state index in [4.69, 9.17) is 5.73 Å².